The van der Waals surface area contributed by atoms with E-state index >= 15 is 0 Å². The summed E-state index contributed by atoms with van der Waals surface area (Å²) < 4.78 is 23.1. The molecule has 2 aromatic carbocycles. The van der Waals surface area contributed by atoms with Gasteiger partial charge in [-0.1, -0.05) is 49.4 Å². The summed E-state index contributed by atoms with van der Waals surface area (Å²) in [6, 6.07) is 14.6. The fourth-order valence-electron chi connectivity index (χ4n) is 1.87. The molecule has 0 saturated heterocycles. The van der Waals surface area contributed by atoms with E-state index in [9.17, 15) is 8.42 Å². The van der Waals surface area contributed by atoms with Crippen LogP contribution in [-0.2, 0) is 16.4 Å². The van der Waals surface area contributed by atoms with Crippen LogP contribution in [0.25, 0.3) is 11.1 Å². The second kappa shape index (κ2) is 4.92. The molecule has 3 nitrogen and oxygen atoms in total. The zero-order valence-corrected chi connectivity index (χ0v) is 10.9. The van der Waals surface area contributed by atoms with Crippen molar-refractivity contribution in [2.75, 3.05) is 0 Å². The number of sulfonamides is 1. The predicted molar refractivity (Wildman–Crippen MR) is 72.6 cm³/mol. The van der Waals surface area contributed by atoms with Crippen molar-refractivity contribution >= 4 is 10.0 Å². The Morgan fingerprint density at radius 2 is 1.61 bits per heavy atom. The van der Waals surface area contributed by atoms with Gasteiger partial charge in [0.1, 0.15) is 0 Å². The van der Waals surface area contributed by atoms with Gasteiger partial charge >= 0.3 is 0 Å². The lowest BCUT2D eigenvalue weighted by Crippen LogP contribution is -2.13. The molecular weight excluding hydrogens is 246 g/mol. The largest absolute Gasteiger partial charge is 0.238 e. The van der Waals surface area contributed by atoms with Crippen molar-refractivity contribution in [3.8, 4) is 11.1 Å². The monoisotopic (exact) mass is 261 g/mol. The van der Waals surface area contributed by atoms with Gasteiger partial charge in [-0.3, -0.25) is 0 Å². The molecular formula is C14H15NO2S. The Bertz CT molecular complexity index is 646. The molecule has 0 aliphatic rings. The zero-order chi connectivity index (χ0) is 13.2. The third-order valence-corrected chi connectivity index (χ3v) is 3.84. The van der Waals surface area contributed by atoms with Gasteiger partial charge in [-0.15, -0.1) is 0 Å². The van der Waals surface area contributed by atoms with E-state index in [-0.39, 0.29) is 4.90 Å². The third-order valence-electron chi connectivity index (χ3n) is 2.87. The number of rotatable bonds is 3. The number of hydrogen-bond donors (Lipinski definition) is 1. The smallest absolute Gasteiger partial charge is 0.225 e. The van der Waals surface area contributed by atoms with E-state index in [4.69, 9.17) is 5.14 Å². The molecule has 0 aliphatic carbocycles. The fourth-order valence-corrected chi connectivity index (χ4v) is 2.63. The van der Waals surface area contributed by atoms with Crippen LogP contribution in [0.1, 0.15) is 12.5 Å². The molecule has 0 fully saturated rings. The van der Waals surface area contributed by atoms with Gasteiger partial charge in [-0.25, -0.2) is 13.6 Å². The summed E-state index contributed by atoms with van der Waals surface area (Å²) in [5, 5.41) is 5.22. The number of hydrogen-bond acceptors (Lipinski definition) is 2. The minimum Gasteiger partial charge on any atom is -0.225 e. The van der Waals surface area contributed by atoms with Crippen molar-refractivity contribution < 1.29 is 8.42 Å². The number of primary sulfonamides is 1. The molecule has 2 N–H and O–H groups in total. The summed E-state index contributed by atoms with van der Waals surface area (Å²) in [5.41, 5.74) is 2.71. The van der Waals surface area contributed by atoms with Crippen LogP contribution in [0.3, 0.4) is 0 Å². The van der Waals surface area contributed by atoms with Crippen molar-refractivity contribution in [1.29, 1.82) is 0 Å². The third kappa shape index (κ3) is 2.60. The van der Waals surface area contributed by atoms with Crippen molar-refractivity contribution in [1.82, 2.24) is 0 Å². The van der Waals surface area contributed by atoms with Gasteiger partial charge < -0.3 is 0 Å². The maximum absolute atomic E-state index is 11.5. The van der Waals surface area contributed by atoms with Gasteiger partial charge in [0.15, 0.2) is 0 Å². The molecule has 0 aliphatic heterocycles. The maximum atomic E-state index is 11.5. The molecule has 2 rings (SSSR count). The van der Waals surface area contributed by atoms with E-state index < -0.39 is 10.0 Å². The lowest BCUT2D eigenvalue weighted by molar-refractivity contribution is 0.598. The first-order chi connectivity index (χ1) is 8.52. The molecule has 0 atom stereocenters. The summed E-state index contributed by atoms with van der Waals surface area (Å²) >= 11 is 0. The first-order valence-electron chi connectivity index (χ1n) is 5.73. The molecule has 0 unspecified atom stereocenters. The second-order valence-electron chi connectivity index (χ2n) is 4.09. The molecule has 0 saturated carbocycles. The summed E-state index contributed by atoms with van der Waals surface area (Å²) in [6.07, 6.45) is 0.955. The molecule has 0 radical (unpaired) electrons. The SMILES string of the molecule is CCc1ccc(-c2ccccc2S(N)(=O)=O)cc1. The van der Waals surface area contributed by atoms with Gasteiger partial charge in [-0.05, 0) is 23.6 Å². The van der Waals surface area contributed by atoms with Crippen molar-refractivity contribution in [2.24, 2.45) is 5.14 Å². The highest BCUT2D eigenvalue weighted by atomic mass is 32.2. The van der Waals surface area contributed by atoms with E-state index in [1.54, 1.807) is 18.2 Å². The molecule has 18 heavy (non-hydrogen) atoms. The van der Waals surface area contributed by atoms with Crippen LogP contribution in [0.15, 0.2) is 53.4 Å². The van der Waals surface area contributed by atoms with Crippen LogP contribution in [0.5, 0.6) is 0 Å². The minimum absolute atomic E-state index is 0.161. The van der Waals surface area contributed by atoms with E-state index in [2.05, 4.69) is 6.92 Å². The Hall–Kier alpha value is -1.65. The van der Waals surface area contributed by atoms with Crippen molar-refractivity contribution in [3.05, 3.63) is 54.1 Å². The zero-order valence-electron chi connectivity index (χ0n) is 10.1. The molecule has 0 aromatic heterocycles. The first-order valence-corrected chi connectivity index (χ1v) is 7.28. The van der Waals surface area contributed by atoms with E-state index in [0.29, 0.717) is 5.56 Å². The highest BCUT2D eigenvalue weighted by molar-refractivity contribution is 7.89. The maximum Gasteiger partial charge on any atom is 0.238 e. The Balaban J connectivity index is 2.57. The fraction of sp³-hybridized carbons (Fsp3) is 0.143. The summed E-state index contributed by atoms with van der Waals surface area (Å²) in [7, 11) is -3.70. The van der Waals surface area contributed by atoms with Crippen LogP contribution in [0, 0.1) is 0 Å². The lowest BCUT2D eigenvalue weighted by atomic mass is 10.0. The highest BCUT2D eigenvalue weighted by Gasteiger charge is 2.13. The topological polar surface area (TPSA) is 60.2 Å². The lowest BCUT2D eigenvalue weighted by Gasteiger charge is -2.08. The standard InChI is InChI=1S/C14H15NO2S/c1-2-11-7-9-12(10-8-11)13-5-3-4-6-14(13)18(15,16)17/h3-10H,2H2,1H3,(H2,15,16,17). The molecule has 0 spiro atoms. The summed E-state index contributed by atoms with van der Waals surface area (Å²) in [5.74, 6) is 0. The number of nitrogens with two attached hydrogens (primary N) is 1. The van der Waals surface area contributed by atoms with E-state index in [0.717, 1.165) is 12.0 Å². The van der Waals surface area contributed by atoms with Crippen LogP contribution < -0.4 is 5.14 Å². The minimum atomic E-state index is -3.70. The predicted octanol–water partition coefficient (Wildman–Crippen LogP) is 2.56. The average molecular weight is 261 g/mol. The first kappa shape index (κ1) is 12.8. The van der Waals surface area contributed by atoms with E-state index in [1.165, 1.54) is 11.6 Å². The number of benzene rings is 2. The quantitative estimate of drug-likeness (QED) is 0.923. The Morgan fingerprint density at radius 1 is 1.00 bits per heavy atom. The van der Waals surface area contributed by atoms with Gasteiger partial charge in [0.25, 0.3) is 0 Å². The van der Waals surface area contributed by atoms with Gasteiger partial charge in [0.05, 0.1) is 4.90 Å². The van der Waals surface area contributed by atoms with Crippen LogP contribution in [0.2, 0.25) is 0 Å². The van der Waals surface area contributed by atoms with Crippen LogP contribution >= 0.6 is 0 Å². The Kier molecular flexibility index (Phi) is 3.50. The Labute approximate surface area is 107 Å². The summed E-state index contributed by atoms with van der Waals surface area (Å²) in [6.45, 7) is 2.08. The molecule has 0 heterocycles. The molecule has 0 amide bonds. The van der Waals surface area contributed by atoms with Crippen LogP contribution in [-0.4, -0.2) is 8.42 Å². The molecule has 0 bridgehead atoms. The van der Waals surface area contributed by atoms with Gasteiger partial charge in [0.2, 0.25) is 10.0 Å². The van der Waals surface area contributed by atoms with E-state index in [1.807, 2.05) is 24.3 Å². The molecule has 2 aromatic rings. The molecule has 4 heteroatoms. The Morgan fingerprint density at radius 3 is 2.17 bits per heavy atom. The summed E-state index contributed by atoms with van der Waals surface area (Å²) in [4.78, 5) is 0.161. The number of aryl methyl sites for hydroxylation is 1. The van der Waals surface area contributed by atoms with Gasteiger partial charge in [0, 0.05) is 5.56 Å². The molecule has 94 valence electrons. The van der Waals surface area contributed by atoms with Crippen molar-refractivity contribution in [2.45, 2.75) is 18.2 Å². The highest BCUT2D eigenvalue weighted by Crippen LogP contribution is 2.26. The van der Waals surface area contributed by atoms with Crippen molar-refractivity contribution in [3.63, 3.8) is 0 Å². The normalized spacial score (nSPS) is 11.4. The average Bonchev–Trinajstić information content (AvgIpc) is 2.38. The second-order valence-corrected chi connectivity index (χ2v) is 5.62. The van der Waals surface area contributed by atoms with Crippen LogP contribution in [0.4, 0.5) is 0 Å². The van der Waals surface area contributed by atoms with Gasteiger partial charge in [-0.2, -0.15) is 0 Å².